The van der Waals surface area contributed by atoms with E-state index in [2.05, 4.69) is 11.8 Å². The number of piperazine rings is 1. The van der Waals surface area contributed by atoms with Crippen LogP contribution in [0.5, 0.6) is 0 Å². The van der Waals surface area contributed by atoms with Crippen molar-refractivity contribution in [3.05, 3.63) is 27.8 Å². The zero-order valence-electron chi connectivity index (χ0n) is 17.8. The molecular formula is C22H36N2O2S. The first-order chi connectivity index (χ1) is 12.7. The van der Waals surface area contributed by atoms with Crippen LogP contribution in [-0.2, 0) is 10.0 Å². The van der Waals surface area contributed by atoms with Crippen LogP contribution in [0.4, 0.5) is 0 Å². The number of sulfonamides is 1. The highest BCUT2D eigenvalue weighted by Crippen LogP contribution is 2.32. The molecule has 3 rings (SSSR count). The minimum Gasteiger partial charge on any atom is -0.298 e. The second kappa shape index (κ2) is 8.22. The highest BCUT2D eigenvalue weighted by atomic mass is 32.2. The number of hydrogen-bond donors (Lipinski definition) is 0. The maximum atomic E-state index is 13.5. The van der Waals surface area contributed by atoms with Gasteiger partial charge in [-0.05, 0) is 75.3 Å². The van der Waals surface area contributed by atoms with E-state index in [0.29, 0.717) is 24.0 Å². The molecule has 0 spiro atoms. The molecule has 27 heavy (non-hydrogen) atoms. The number of benzene rings is 1. The summed E-state index contributed by atoms with van der Waals surface area (Å²) < 4.78 is 28.7. The lowest BCUT2D eigenvalue weighted by molar-refractivity contribution is 0.126. The Hall–Kier alpha value is -0.910. The monoisotopic (exact) mass is 392 g/mol. The first-order valence-electron chi connectivity index (χ1n) is 10.6. The third kappa shape index (κ3) is 3.96. The normalized spacial score (nSPS) is 21.4. The molecule has 1 aliphatic heterocycles. The van der Waals surface area contributed by atoms with Gasteiger partial charge in [0.15, 0.2) is 0 Å². The standard InChI is InChI=1S/C22H36N2O2S/c1-16-17(2)19(4)22(20(5)18(16)3)27(25,26)24-14-12-23(13-15-24)21-10-8-6-7-9-11-21/h21H,6-15H2,1-5H3. The topological polar surface area (TPSA) is 40.6 Å². The van der Waals surface area contributed by atoms with E-state index in [1.54, 1.807) is 4.31 Å². The van der Waals surface area contributed by atoms with E-state index in [0.717, 1.165) is 35.3 Å². The SMILES string of the molecule is Cc1c(C)c(C)c(S(=O)(=O)N2CCN(C3CCCCCC3)CC2)c(C)c1C. The van der Waals surface area contributed by atoms with Gasteiger partial charge in [0.2, 0.25) is 10.0 Å². The van der Waals surface area contributed by atoms with Gasteiger partial charge in [-0.1, -0.05) is 25.7 Å². The Balaban J connectivity index is 1.80. The summed E-state index contributed by atoms with van der Waals surface area (Å²) in [5.74, 6) is 0. The van der Waals surface area contributed by atoms with Gasteiger partial charge in [-0.2, -0.15) is 4.31 Å². The Morgan fingerprint density at radius 1 is 0.667 bits per heavy atom. The van der Waals surface area contributed by atoms with Crippen molar-refractivity contribution < 1.29 is 8.42 Å². The summed E-state index contributed by atoms with van der Waals surface area (Å²) in [5.41, 5.74) is 5.26. The van der Waals surface area contributed by atoms with Crippen molar-refractivity contribution >= 4 is 10.0 Å². The third-order valence-corrected chi connectivity index (χ3v) is 9.32. The van der Waals surface area contributed by atoms with E-state index in [-0.39, 0.29) is 0 Å². The summed E-state index contributed by atoms with van der Waals surface area (Å²) in [5, 5.41) is 0. The van der Waals surface area contributed by atoms with Gasteiger partial charge in [0.05, 0.1) is 4.90 Å². The molecule has 0 aromatic heterocycles. The summed E-state index contributed by atoms with van der Waals surface area (Å²) in [4.78, 5) is 3.09. The predicted octanol–water partition coefficient (Wildman–Crippen LogP) is 4.26. The fourth-order valence-corrected chi connectivity index (χ4v) is 6.90. The third-order valence-electron chi connectivity index (χ3n) is 7.14. The Bertz CT molecular complexity index is 756. The zero-order chi connectivity index (χ0) is 19.8. The minimum atomic E-state index is -3.44. The molecule has 1 saturated heterocycles. The van der Waals surface area contributed by atoms with E-state index >= 15 is 0 Å². The van der Waals surface area contributed by atoms with E-state index in [1.165, 1.54) is 44.1 Å². The van der Waals surface area contributed by atoms with Crippen molar-refractivity contribution in [3.8, 4) is 0 Å². The van der Waals surface area contributed by atoms with Crippen molar-refractivity contribution in [1.82, 2.24) is 9.21 Å². The van der Waals surface area contributed by atoms with Crippen LogP contribution in [0.3, 0.4) is 0 Å². The number of rotatable bonds is 3. The van der Waals surface area contributed by atoms with E-state index in [9.17, 15) is 8.42 Å². The summed E-state index contributed by atoms with van der Waals surface area (Å²) >= 11 is 0. The summed E-state index contributed by atoms with van der Waals surface area (Å²) in [6.45, 7) is 13.1. The molecular weight excluding hydrogens is 356 g/mol. The van der Waals surface area contributed by atoms with Gasteiger partial charge < -0.3 is 0 Å². The summed E-state index contributed by atoms with van der Waals surface area (Å²) in [6, 6.07) is 0.657. The molecule has 1 saturated carbocycles. The maximum absolute atomic E-state index is 13.5. The molecule has 1 heterocycles. The van der Waals surface area contributed by atoms with Crippen LogP contribution in [0.15, 0.2) is 4.90 Å². The molecule has 0 N–H and O–H groups in total. The second-order valence-corrected chi connectivity index (χ2v) is 10.4. The molecule has 1 aromatic rings. The lowest BCUT2D eigenvalue weighted by Gasteiger charge is -2.39. The average Bonchev–Trinajstić information content (AvgIpc) is 2.94. The van der Waals surface area contributed by atoms with Crippen molar-refractivity contribution in [3.63, 3.8) is 0 Å². The van der Waals surface area contributed by atoms with Gasteiger partial charge in [0.1, 0.15) is 0 Å². The van der Waals surface area contributed by atoms with Crippen LogP contribution in [0.2, 0.25) is 0 Å². The van der Waals surface area contributed by atoms with E-state index < -0.39 is 10.0 Å². The molecule has 0 amide bonds. The minimum absolute atomic E-state index is 0.547. The first kappa shape index (κ1) is 20.8. The quantitative estimate of drug-likeness (QED) is 0.722. The highest BCUT2D eigenvalue weighted by molar-refractivity contribution is 7.89. The van der Waals surface area contributed by atoms with Gasteiger partial charge in [0, 0.05) is 32.2 Å². The van der Waals surface area contributed by atoms with Gasteiger partial charge in [-0.3, -0.25) is 4.90 Å². The molecule has 1 aromatic carbocycles. The molecule has 0 radical (unpaired) electrons. The first-order valence-corrected chi connectivity index (χ1v) is 12.0. The summed E-state index contributed by atoms with van der Waals surface area (Å²) in [6.07, 6.45) is 7.92. The average molecular weight is 393 g/mol. The Morgan fingerprint density at radius 2 is 1.11 bits per heavy atom. The Kier molecular flexibility index (Phi) is 6.34. The van der Waals surface area contributed by atoms with Crippen LogP contribution in [0.1, 0.15) is 66.3 Å². The molecule has 0 bridgehead atoms. The zero-order valence-corrected chi connectivity index (χ0v) is 18.6. The van der Waals surface area contributed by atoms with Crippen LogP contribution >= 0.6 is 0 Å². The molecule has 4 nitrogen and oxygen atoms in total. The summed E-state index contributed by atoms with van der Waals surface area (Å²) in [7, 11) is -3.44. The molecule has 0 unspecified atom stereocenters. The van der Waals surface area contributed by atoms with Crippen molar-refractivity contribution in [2.24, 2.45) is 0 Å². The van der Waals surface area contributed by atoms with Gasteiger partial charge in [-0.15, -0.1) is 0 Å². The maximum Gasteiger partial charge on any atom is 0.243 e. The van der Waals surface area contributed by atoms with Crippen LogP contribution in [-0.4, -0.2) is 49.8 Å². The largest absolute Gasteiger partial charge is 0.298 e. The smallest absolute Gasteiger partial charge is 0.243 e. The molecule has 5 heteroatoms. The van der Waals surface area contributed by atoms with Crippen molar-refractivity contribution in [1.29, 1.82) is 0 Å². The second-order valence-electron chi connectivity index (χ2n) is 8.54. The molecule has 2 fully saturated rings. The molecule has 1 aliphatic carbocycles. The lowest BCUT2D eigenvalue weighted by atomic mass is 9.95. The number of nitrogens with zero attached hydrogens (tertiary/aromatic N) is 2. The van der Waals surface area contributed by atoms with E-state index in [1.807, 2.05) is 27.7 Å². The Labute approximate surface area is 166 Å². The van der Waals surface area contributed by atoms with Crippen LogP contribution < -0.4 is 0 Å². The molecule has 0 atom stereocenters. The van der Waals surface area contributed by atoms with Crippen molar-refractivity contribution in [2.75, 3.05) is 26.2 Å². The molecule has 152 valence electrons. The van der Waals surface area contributed by atoms with Crippen LogP contribution in [0.25, 0.3) is 0 Å². The predicted molar refractivity (Wildman–Crippen MR) is 112 cm³/mol. The highest BCUT2D eigenvalue weighted by Gasteiger charge is 2.33. The van der Waals surface area contributed by atoms with Gasteiger partial charge in [-0.25, -0.2) is 8.42 Å². The fraction of sp³-hybridized carbons (Fsp3) is 0.727. The van der Waals surface area contributed by atoms with Gasteiger partial charge in [0.25, 0.3) is 0 Å². The van der Waals surface area contributed by atoms with Gasteiger partial charge >= 0.3 is 0 Å². The van der Waals surface area contributed by atoms with Crippen molar-refractivity contribution in [2.45, 2.75) is 84.1 Å². The Morgan fingerprint density at radius 3 is 1.59 bits per heavy atom. The fourth-order valence-electron chi connectivity index (χ4n) is 4.91. The number of hydrogen-bond acceptors (Lipinski definition) is 3. The van der Waals surface area contributed by atoms with E-state index in [4.69, 9.17) is 0 Å². The lowest BCUT2D eigenvalue weighted by Crippen LogP contribution is -2.52. The molecule has 2 aliphatic rings. The van der Waals surface area contributed by atoms with Crippen LogP contribution in [0, 0.1) is 34.6 Å².